The zero-order valence-corrected chi connectivity index (χ0v) is 11.1. The standard InChI is InChI=1S/C15H22N2O/c1-17-10-12(11-17)18-15-8-3-2-6-13(15)14-7-4-5-9-16-14/h2-3,6,8,12,14,16H,4-5,7,9-11H2,1H3. The van der Waals surface area contributed by atoms with E-state index in [0.29, 0.717) is 12.1 Å². The molecular formula is C15H22N2O. The number of piperidine rings is 1. The molecule has 0 aliphatic carbocycles. The molecule has 3 nitrogen and oxygen atoms in total. The molecular weight excluding hydrogens is 224 g/mol. The Balaban J connectivity index is 1.72. The molecule has 1 unspecified atom stereocenters. The van der Waals surface area contributed by atoms with Crippen LogP contribution in [-0.4, -0.2) is 37.7 Å². The van der Waals surface area contributed by atoms with Gasteiger partial charge in [-0.3, -0.25) is 4.90 Å². The Morgan fingerprint density at radius 3 is 2.78 bits per heavy atom. The Morgan fingerprint density at radius 2 is 2.06 bits per heavy atom. The maximum atomic E-state index is 6.12. The van der Waals surface area contributed by atoms with Crippen LogP contribution in [0.1, 0.15) is 30.9 Å². The van der Waals surface area contributed by atoms with Crippen LogP contribution in [0.25, 0.3) is 0 Å². The van der Waals surface area contributed by atoms with E-state index in [1.165, 1.54) is 24.8 Å². The fraction of sp³-hybridized carbons (Fsp3) is 0.600. The van der Waals surface area contributed by atoms with Gasteiger partial charge < -0.3 is 10.1 Å². The van der Waals surface area contributed by atoms with Gasteiger partial charge in [0.25, 0.3) is 0 Å². The summed E-state index contributed by atoms with van der Waals surface area (Å²) in [4.78, 5) is 2.28. The molecule has 0 bridgehead atoms. The Morgan fingerprint density at radius 1 is 1.22 bits per heavy atom. The van der Waals surface area contributed by atoms with Gasteiger partial charge >= 0.3 is 0 Å². The van der Waals surface area contributed by atoms with Gasteiger partial charge in [0.15, 0.2) is 0 Å². The Hall–Kier alpha value is -1.06. The lowest BCUT2D eigenvalue weighted by Crippen LogP contribution is -2.51. The molecule has 1 atom stereocenters. The van der Waals surface area contributed by atoms with Crippen molar-refractivity contribution in [3.05, 3.63) is 29.8 Å². The molecule has 2 saturated heterocycles. The van der Waals surface area contributed by atoms with E-state index < -0.39 is 0 Å². The lowest BCUT2D eigenvalue weighted by Gasteiger charge is -2.37. The number of benzene rings is 1. The van der Waals surface area contributed by atoms with Crippen molar-refractivity contribution in [3.8, 4) is 5.75 Å². The Kier molecular flexibility index (Phi) is 3.52. The van der Waals surface area contributed by atoms with E-state index in [1.54, 1.807) is 0 Å². The molecule has 2 aliphatic rings. The number of likely N-dealkylation sites (tertiary alicyclic amines) is 1. The van der Waals surface area contributed by atoms with Gasteiger partial charge in [-0.05, 0) is 32.5 Å². The molecule has 18 heavy (non-hydrogen) atoms. The number of hydrogen-bond acceptors (Lipinski definition) is 3. The van der Waals surface area contributed by atoms with Gasteiger partial charge in [-0.15, -0.1) is 0 Å². The quantitative estimate of drug-likeness (QED) is 0.885. The van der Waals surface area contributed by atoms with E-state index in [-0.39, 0.29) is 0 Å². The summed E-state index contributed by atoms with van der Waals surface area (Å²) in [6.45, 7) is 3.23. The average Bonchev–Trinajstić information content (AvgIpc) is 2.39. The summed E-state index contributed by atoms with van der Waals surface area (Å²) >= 11 is 0. The van der Waals surface area contributed by atoms with Crippen LogP contribution in [0.2, 0.25) is 0 Å². The largest absolute Gasteiger partial charge is 0.487 e. The van der Waals surface area contributed by atoms with Gasteiger partial charge in [-0.1, -0.05) is 24.6 Å². The lowest BCUT2D eigenvalue weighted by atomic mass is 9.97. The van der Waals surface area contributed by atoms with Crippen molar-refractivity contribution in [2.45, 2.75) is 31.4 Å². The van der Waals surface area contributed by atoms with Crippen LogP contribution in [0.3, 0.4) is 0 Å². The van der Waals surface area contributed by atoms with Crippen LogP contribution in [0.5, 0.6) is 5.75 Å². The Labute approximate surface area is 109 Å². The van der Waals surface area contributed by atoms with Crippen LogP contribution < -0.4 is 10.1 Å². The highest BCUT2D eigenvalue weighted by Crippen LogP contribution is 2.31. The fourth-order valence-corrected chi connectivity index (χ4v) is 2.89. The van der Waals surface area contributed by atoms with Gasteiger partial charge in [0.1, 0.15) is 11.9 Å². The molecule has 0 amide bonds. The van der Waals surface area contributed by atoms with E-state index in [0.717, 1.165) is 25.4 Å². The minimum absolute atomic E-state index is 0.375. The van der Waals surface area contributed by atoms with Crippen molar-refractivity contribution in [1.82, 2.24) is 10.2 Å². The molecule has 3 heteroatoms. The summed E-state index contributed by atoms with van der Waals surface area (Å²) < 4.78 is 6.12. The number of nitrogens with one attached hydrogen (secondary N) is 1. The van der Waals surface area contributed by atoms with Gasteiger partial charge in [-0.2, -0.15) is 0 Å². The minimum atomic E-state index is 0.375. The van der Waals surface area contributed by atoms with E-state index in [4.69, 9.17) is 4.74 Å². The third kappa shape index (κ3) is 2.52. The molecule has 3 rings (SSSR count). The van der Waals surface area contributed by atoms with Gasteiger partial charge in [0.05, 0.1) is 0 Å². The number of nitrogens with zero attached hydrogens (tertiary/aromatic N) is 1. The van der Waals surface area contributed by atoms with Crippen LogP contribution in [0.4, 0.5) is 0 Å². The number of likely N-dealkylation sites (N-methyl/N-ethyl adjacent to an activating group) is 1. The first-order chi connectivity index (χ1) is 8.83. The molecule has 1 N–H and O–H groups in total. The highest BCUT2D eigenvalue weighted by Gasteiger charge is 2.26. The molecule has 1 aromatic carbocycles. The van der Waals surface area contributed by atoms with Crippen molar-refractivity contribution in [3.63, 3.8) is 0 Å². The molecule has 0 radical (unpaired) electrons. The molecule has 1 aromatic rings. The highest BCUT2D eigenvalue weighted by atomic mass is 16.5. The summed E-state index contributed by atoms with van der Waals surface area (Å²) in [5, 5.41) is 3.60. The molecule has 2 fully saturated rings. The second-order valence-electron chi connectivity index (χ2n) is 5.50. The fourth-order valence-electron chi connectivity index (χ4n) is 2.89. The summed E-state index contributed by atoms with van der Waals surface area (Å²) in [6.07, 6.45) is 4.22. The lowest BCUT2D eigenvalue weighted by molar-refractivity contribution is 0.0376. The number of hydrogen-bond donors (Lipinski definition) is 1. The van der Waals surface area contributed by atoms with E-state index in [2.05, 4.69) is 41.5 Å². The predicted molar refractivity (Wildman–Crippen MR) is 72.9 cm³/mol. The number of ether oxygens (including phenoxy) is 1. The molecule has 2 aliphatic heterocycles. The Bertz CT molecular complexity index is 395. The zero-order chi connectivity index (χ0) is 12.4. The number of para-hydroxylation sites is 1. The number of rotatable bonds is 3. The van der Waals surface area contributed by atoms with E-state index in [1.807, 2.05) is 0 Å². The van der Waals surface area contributed by atoms with Crippen LogP contribution >= 0.6 is 0 Å². The molecule has 0 aromatic heterocycles. The van der Waals surface area contributed by atoms with Crippen molar-refractivity contribution in [1.29, 1.82) is 0 Å². The summed E-state index contributed by atoms with van der Waals surface area (Å²) in [7, 11) is 2.13. The maximum absolute atomic E-state index is 6.12. The predicted octanol–water partition coefficient (Wildman–Crippen LogP) is 2.19. The molecule has 98 valence electrons. The van der Waals surface area contributed by atoms with Crippen molar-refractivity contribution < 1.29 is 4.74 Å². The first-order valence-electron chi connectivity index (χ1n) is 7.00. The average molecular weight is 246 g/mol. The third-order valence-corrected chi connectivity index (χ3v) is 3.93. The van der Waals surface area contributed by atoms with E-state index >= 15 is 0 Å². The van der Waals surface area contributed by atoms with E-state index in [9.17, 15) is 0 Å². The smallest absolute Gasteiger partial charge is 0.124 e. The minimum Gasteiger partial charge on any atom is -0.487 e. The first kappa shape index (κ1) is 12.0. The summed E-state index contributed by atoms with van der Waals surface area (Å²) in [5.74, 6) is 1.08. The van der Waals surface area contributed by atoms with Crippen LogP contribution in [0, 0.1) is 0 Å². The van der Waals surface area contributed by atoms with Crippen molar-refractivity contribution in [2.75, 3.05) is 26.7 Å². The van der Waals surface area contributed by atoms with Gasteiger partial charge in [0, 0.05) is 24.7 Å². The SMILES string of the molecule is CN1CC(Oc2ccccc2C2CCCCN2)C1. The van der Waals surface area contributed by atoms with Crippen molar-refractivity contribution >= 4 is 0 Å². The molecule has 0 spiro atoms. The normalized spacial score (nSPS) is 25.7. The second kappa shape index (κ2) is 5.29. The van der Waals surface area contributed by atoms with Gasteiger partial charge in [0.2, 0.25) is 0 Å². The monoisotopic (exact) mass is 246 g/mol. The van der Waals surface area contributed by atoms with Crippen LogP contribution in [0.15, 0.2) is 24.3 Å². The molecule has 2 heterocycles. The zero-order valence-electron chi connectivity index (χ0n) is 11.1. The first-order valence-corrected chi connectivity index (χ1v) is 7.00. The third-order valence-electron chi connectivity index (χ3n) is 3.93. The molecule has 0 saturated carbocycles. The topological polar surface area (TPSA) is 24.5 Å². The summed E-state index contributed by atoms with van der Waals surface area (Å²) in [5.41, 5.74) is 1.34. The maximum Gasteiger partial charge on any atom is 0.124 e. The van der Waals surface area contributed by atoms with Gasteiger partial charge in [-0.25, -0.2) is 0 Å². The summed E-state index contributed by atoms with van der Waals surface area (Å²) in [6, 6.07) is 8.99. The van der Waals surface area contributed by atoms with Crippen LogP contribution in [-0.2, 0) is 0 Å². The van der Waals surface area contributed by atoms with Crippen molar-refractivity contribution in [2.24, 2.45) is 0 Å². The highest BCUT2D eigenvalue weighted by molar-refractivity contribution is 5.36. The second-order valence-corrected chi connectivity index (χ2v) is 5.50.